The lowest BCUT2D eigenvalue weighted by Gasteiger charge is -2.20. The zero-order valence-corrected chi connectivity index (χ0v) is 12.2. The zero-order valence-electron chi connectivity index (χ0n) is 11.4. The van der Waals surface area contributed by atoms with Gasteiger partial charge in [0.15, 0.2) is 0 Å². The van der Waals surface area contributed by atoms with Crippen LogP contribution in [-0.4, -0.2) is 28.9 Å². The van der Waals surface area contributed by atoms with E-state index in [0.717, 1.165) is 44.3 Å². The van der Waals surface area contributed by atoms with E-state index in [2.05, 4.69) is 10.2 Å². The van der Waals surface area contributed by atoms with E-state index in [1.165, 1.54) is 6.42 Å². The quantitative estimate of drug-likeness (QED) is 0.848. The molecule has 0 N–H and O–H groups in total. The first-order valence-corrected chi connectivity index (χ1v) is 8.85. The number of nitrogens with zero attached hydrogens (tertiary/aromatic N) is 3. The second-order valence-electron chi connectivity index (χ2n) is 5.96. The second-order valence-corrected chi connectivity index (χ2v) is 7.89. The van der Waals surface area contributed by atoms with Crippen LogP contribution in [0.2, 0.25) is 0 Å². The molecule has 1 aromatic heterocycles. The van der Waals surface area contributed by atoms with Gasteiger partial charge in [-0.3, -0.25) is 0 Å². The van der Waals surface area contributed by atoms with Crippen LogP contribution in [0.5, 0.6) is 0 Å². The Hall–Kier alpha value is -0.910. The summed E-state index contributed by atoms with van der Waals surface area (Å²) in [6.07, 6.45) is 7.84. The highest BCUT2D eigenvalue weighted by atomic mass is 32.2. The first kappa shape index (κ1) is 13.1. The van der Waals surface area contributed by atoms with Gasteiger partial charge in [0.1, 0.15) is 5.82 Å². The van der Waals surface area contributed by atoms with Crippen LogP contribution in [0.15, 0.2) is 5.16 Å². The van der Waals surface area contributed by atoms with Gasteiger partial charge in [-0.2, -0.15) is 0 Å². The molecule has 0 radical (unpaired) electrons. The summed E-state index contributed by atoms with van der Waals surface area (Å²) >= 11 is 0. The van der Waals surface area contributed by atoms with Gasteiger partial charge in [0, 0.05) is 13.0 Å². The molecule has 1 heterocycles. The van der Waals surface area contributed by atoms with Gasteiger partial charge in [-0.05, 0) is 31.6 Å². The second kappa shape index (κ2) is 4.89. The van der Waals surface area contributed by atoms with Crippen LogP contribution < -0.4 is 0 Å². The molecule has 0 saturated heterocycles. The molecule has 0 aromatic carbocycles. The molecule has 2 fully saturated rings. The van der Waals surface area contributed by atoms with Crippen molar-refractivity contribution in [3.63, 3.8) is 0 Å². The van der Waals surface area contributed by atoms with Gasteiger partial charge >= 0.3 is 0 Å². The summed E-state index contributed by atoms with van der Waals surface area (Å²) in [5.74, 6) is 1.81. The molecule has 6 heteroatoms. The lowest BCUT2D eigenvalue weighted by molar-refractivity contribution is 0.384. The molecule has 5 nitrogen and oxygen atoms in total. The third-order valence-electron chi connectivity index (χ3n) is 4.27. The van der Waals surface area contributed by atoms with E-state index in [4.69, 9.17) is 0 Å². The van der Waals surface area contributed by atoms with Crippen molar-refractivity contribution in [1.29, 1.82) is 0 Å². The Labute approximate surface area is 114 Å². The van der Waals surface area contributed by atoms with E-state index in [1.54, 1.807) is 11.6 Å². The summed E-state index contributed by atoms with van der Waals surface area (Å²) < 4.78 is 26.6. The molecular formula is C13H21N3O2S. The number of aromatic nitrogens is 3. The molecular weight excluding hydrogens is 262 g/mol. The molecule has 106 valence electrons. The molecule has 19 heavy (non-hydrogen) atoms. The SMILES string of the molecule is Cn1c(C2CC2)nnc1S(=O)(=O)CC1CCCCC1. The normalized spacial score (nSPS) is 21.7. The molecule has 0 amide bonds. The van der Waals surface area contributed by atoms with Gasteiger partial charge in [-0.1, -0.05) is 19.3 Å². The minimum Gasteiger partial charge on any atom is -0.305 e. The van der Waals surface area contributed by atoms with Crippen LogP contribution in [0.1, 0.15) is 56.7 Å². The average Bonchev–Trinajstić information content (AvgIpc) is 3.13. The fourth-order valence-corrected chi connectivity index (χ4v) is 4.81. The Morgan fingerprint density at radius 3 is 2.42 bits per heavy atom. The minimum absolute atomic E-state index is 0.167. The molecule has 0 atom stereocenters. The minimum atomic E-state index is -3.29. The summed E-state index contributed by atoms with van der Waals surface area (Å²) in [6.45, 7) is 0. The van der Waals surface area contributed by atoms with E-state index in [-0.39, 0.29) is 10.9 Å². The molecule has 2 aliphatic rings. The van der Waals surface area contributed by atoms with Gasteiger partial charge < -0.3 is 4.57 Å². The highest BCUT2D eigenvalue weighted by Gasteiger charge is 2.33. The van der Waals surface area contributed by atoms with Gasteiger partial charge in [-0.15, -0.1) is 10.2 Å². The van der Waals surface area contributed by atoms with Crippen molar-refractivity contribution in [1.82, 2.24) is 14.8 Å². The maximum Gasteiger partial charge on any atom is 0.249 e. The smallest absolute Gasteiger partial charge is 0.249 e. The zero-order chi connectivity index (χ0) is 13.5. The highest BCUT2D eigenvalue weighted by molar-refractivity contribution is 7.91. The van der Waals surface area contributed by atoms with Crippen molar-refractivity contribution in [2.45, 2.75) is 56.0 Å². The Kier molecular flexibility index (Phi) is 3.37. The monoisotopic (exact) mass is 283 g/mol. The molecule has 0 bridgehead atoms. The predicted molar refractivity (Wildman–Crippen MR) is 71.6 cm³/mol. The summed E-state index contributed by atoms with van der Waals surface area (Å²) in [7, 11) is -1.51. The van der Waals surface area contributed by atoms with Crippen molar-refractivity contribution >= 4 is 9.84 Å². The summed E-state index contributed by atoms with van der Waals surface area (Å²) in [4.78, 5) is 0. The molecule has 3 rings (SSSR count). The third-order valence-corrected chi connectivity index (χ3v) is 6.09. The Bertz CT molecular complexity index is 554. The van der Waals surface area contributed by atoms with E-state index in [0.29, 0.717) is 11.8 Å². The van der Waals surface area contributed by atoms with Crippen molar-refractivity contribution < 1.29 is 8.42 Å². The molecule has 2 saturated carbocycles. The first-order chi connectivity index (χ1) is 9.08. The van der Waals surface area contributed by atoms with E-state index in [1.807, 2.05) is 0 Å². The highest BCUT2D eigenvalue weighted by Crippen LogP contribution is 2.39. The van der Waals surface area contributed by atoms with Gasteiger partial charge in [0.2, 0.25) is 15.0 Å². The molecule has 0 spiro atoms. The van der Waals surface area contributed by atoms with Crippen LogP contribution in [0.25, 0.3) is 0 Å². The fraction of sp³-hybridized carbons (Fsp3) is 0.846. The van der Waals surface area contributed by atoms with Crippen LogP contribution in [0.4, 0.5) is 0 Å². The predicted octanol–water partition coefficient (Wildman–Crippen LogP) is 2.05. The van der Waals surface area contributed by atoms with Crippen molar-refractivity contribution in [2.24, 2.45) is 13.0 Å². The van der Waals surface area contributed by atoms with Crippen LogP contribution in [0.3, 0.4) is 0 Å². The summed E-state index contributed by atoms with van der Waals surface area (Å²) in [5, 5.41) is 8.18. The molecule has 0 aliphatic heterocycles. The van der Waals surface area contributed by atoms with Gasteiger partial charge in [0.05, 0.1) is 5.75 Å². The molecule has 2 aliphatic carbocycles. The van der Waals surface area contributed by atoms with Crippen LogP contribution in [0, 0.1) is 5.92 Å². The summed E-state index contributed by atoms with van der Waals surface area (Å²) in [5.41, 5.74) is 0. The lowest BCUT2D eigenvalue weighted by atomic mass is 9.91. The van der Waals surface area contributed by atoms with Gasteiger partial charge in [-0.25, -0.2) is 8.42 Å². The van der Waals surface area contributed by atoms with Crippen molar-refractivity contribution in [2.75, 3.05) is 5.75 Å². The number of hydrogen-bond acceptors (Lipinski definition) is 4. The van der Waals surface area contributed by atoms with E-state index in [9.17, 15) is 8.42 Å². The Morgan fingerprint density at radius 1 is 1.11 bits per heavy atom. The van der Waals surface area contributed by atoms with Crippen LogP contribution >= 0.6 is 0 Å². The lowest BCUT2D eigenvalue weighted by Crippen LogP contribution is -2.21. The maximum atomic E-state index is 12.5. The molecule has 1 aromatic rings. The molecule has 0 unspecified atom stereocenters. The topological polar surface area (TPSA) is 64.8 Å². The van der Waals surface area contributed by atoms with E-state index >= 15 is 0 Å². The third kappa shape index (κ3) is 2.68. The fourth-order valence-electron chi connectivity index (χ4n) is 3.03. The number of rotatable bonds is 4. The first-order valence-electron chi connectivity index (χ1n) is 7.20. The standard InChI is InChI=1S/C13H21N3O2S/c1-16-12(11-7-8-11)14-15-13(16)19(17,18)9-10-5-3-2-4-6-10/h10-11H,2-9H2,1H3. The Morgan fingerprint density at radius 2 is 1.79 bits per heavy atom. The maximum absolute atomic E-state index is 12.5. The Balaban J connectivity index is 1.79. The van der Waals surface area contributed by atoms with Gasteiger partial charge in [0.25, 0.3) is 0 Å². The average molecular weight is 283 g/mol. The number of hydrogen-bond donors (Lipinski definition) is 0. The van der Waals surface area contributed by atoms with Crippen molar-refractivity contribution in [3.8, 4) is 0 Å². The summed E-state index contributed by atoms with van der Waals surface area (Å²) in [6, 6.07) is 0. The number of sulfone groups is 1. The largest absolute Gasteiger partial charge is 0.305 e. The van der Waals surface area contributed by atoms with Crippen molar-refractivity contribution in [3.05, 3.63) is 5.82 Å². The van der Waals surface area contributed by atoms with Crippen LogP contribution in [-0.2, 0) is 16.9 Å². The van der Waals surface area contributed by atoms with E-state index < -0.39 is 9.84 Å².